The Hall–Kier alpha value is -2.19. The molecule has 126 valence electrons. The van der Waals surface area contributed by atoms with E-state index in [1.165, 1.54) is 0 Å². The lowest BCUT2D eigenvalue weighted by Gasteiger charge is -2.19. The molecule has 8 heteroatoms. The van der Waals surface area contributed by atoms with Crippen LogP contribution in [0.15, 0.2) is 25.3 Å². The first kappa shape index (κ1) is 17.2. The van der Waals surface area contributed by atoms with Gasteiger partial charge in [0.15, 0.2) is 6.79 Å². The highest BCUT2D eigenvalue weighted by molar-refractivity contribution is 5.34. The van der Waals surface area contributed by atoms with Gasteiger partial charge < -0.3 is 23.8 Å². The minimum Gasteiger partial charge on any atom is -0.460 e. The molecule has 0 spiro atoms. The largest absolute Gasteiger partial charge is 0.460 e. The molecule has 0 amide bonds. The molecule has 0 saturated carbocycles. The molecule has 1 atom stereocenters. The van der Waals surface area contributed by atoms with Crippen LogP contribution in [-0.2, 0) is 9.47 Å². The number of anilines is 1. The Morgan fingerprint density at radius 2 is 1.83 bits per heavy atom. The van der Waals surface area contributed by atoms with Crippen LogP contribution in [-0.4, -0.2) is 60.8 Å². The Morgan fingerprint density at radius 1 is 1.17 bits per heavy atom. The summed E-state index contributed by atoms with van der Waals surface area (Å²) >= 11 is 0. The Morgan fingerprint density at radius 3 is 2.39 bits per heavy atom. The van der Waals surface area contributed by atoms with E-state index >= 15 is 0 Å². The van der Waals surface area contributed by atoms with Crippen LogP contribution in [0.4, 0.5) is 5.95 Å². The van der Waals surface area contributed by atoms with E-state index in [9.17, 15) is 0 Å². The van der Waals surface area contributed by atoms with Crippen LogP contribution in [0.5, 0.6) is 12.0 Å². The van der Waals surface area contributed by atoms with E-state index in [0.717, 1.165) is 0 Å². The van der Waals surface area contributed by atoms with Gasteiger partial charge in [0.25, 0.3) is 0 Å². The maximum absolute atomic E-state index is 5.54. The predicted molar refractivity (Wildman–Crippen MR) is 84.8 cm³/mol. The first-order valence-corrected chi connectivity index (χ1v) is 7.44. The lowest BCUT2D eigenvalue weighted by Crippen LogP contribution is -2.26. The van der Waals surface area contributed by atoms with Crippen LogP contribution >= 0.6 is 0 Å². The maximum atomic E-state index is 5.54. The Balaban J connectivity index is 2.14. The van der Waals surface area contributed by atoms with Crippen molar-refractivity contribution in [1.29, 1.82) is 0 Å². The molecule has 1 aliphatic rings. The number of epoxide rings is 1. The molecule has 1 fully saturated rings. The summed E-state index contributed by atoms with van der Waals surface area (Å²) in [4.78, 5) is 14.6. The van der Waals surface area contributed by atoms with Crippen molar-refractivity contribution in [3.8, 4) is 12.0 Å². The standard InChI is InChI=1S/C15H22N4O4/c1-4-7-19(8-5-2)13-16-14(22-10-12-9-21-12)18-15(17-13)23-11-20-6-3/h4-5,12H,1-2,6-11H2,3H3. The van der Waals surface area contributed by atoms with Crippen LogP contribution in [0.2, 0.25) is 0 Å². The molecule has 0 aliphatic carbocycles. The minimum atomic E-state index is 0.0635. The van der Waals surface area contributed by atoms with Gasteiger partial charge in [0.05, 0.1) is 6.61 Å². The third-order valence-corrected chi connectivity index (χ3v) is 2.84. The zero-order valence-corrected chi connectivity index (χ0v) is 13.3. The van der Waals surface area contributed by atoms with Crippen molar-refractivity contribution in [1.82, 2.24) is 15.0 Å². The van der Waals surface area contributed by atoms with E-state index in [4.69, 9.17) is 18.9 Å². The summed E-state index contributed by atoms with van der Waals surface area (Å²) in [5.74, 6) is 0.429. The first-order chi connectivity index (χ1) is 11.3. The molecule has 1 aromatic heterocycles. The van der Waals surface area contributed by atoms with Crippen molar-refractivity contribution in [2.45, 2.75) is 13.0 Å². The zero-order chi connectivity index (χ0) is 16.5. The van der Waals surface area contributed by atoms with Gasteiger partial charge in [-0.3, -0.25) is 0 Å². The van der Waals surface area contributed by atoms with Crippen molar-refractivity contribution in [3.63, 3.8) is 0 Å². The Labute approximate surface area is 135 Å². The number of aromatic nitrogens is 3. The molecule has 2 heterocycles. The topological polar surface area (TPSA) is 82.1 Å². The third-order valence-electron chi connectivity index (χ3n) is 2.84. The molecule has 1 aliphatic heterocycles. The summed E-state index contributed by atoms with van der Waals surface area (Å²) < 4.78 is 21.2. The Kier molecular flexibility index (Phi) is 6.76. The summed E-state index contributed by atoms with van der Waals surface area (Å²) in [6.07, 6.45) is 3.62. The molecule has 1 unspecified atom stereocenters. The molecule has 1 aromatic rings. The second-order valence-electron chi connectivity index (χ2n) is 4.70. The number of hydrogen-bond donors (Lipinski definition) is 0. The monoisotopic (exact) mass is 322 g/mol. The molecular formula is C15H22N4O4. The SMILES string of the molecule is C=CCN(CC=C)c1nc(OCOCC)nc(OCC2CO2)n1. The van der Waals surface area contributed by atoms with Gasteiger partial charge in [0.1, 0.15) is 12.7 Å². The summed E-state index contributed by atoms with van der Waals surface area (Å²) in [6, 6.07) is 0.336. The summed E-state index contributed by atoms with van der Waals surface area (Å²) in [7, 11) is 0. The number of ether oxygens (including phenoxy) is 4. The smallest absolute Gasteiger partial charge is 0.326 e. The van der Waals surface area contributed by atoms with Crippen LogP contribution in [0.3, 0.4) is 0 Å². The minimum absolute atomic E-state index is 0.0635. The quantitative estimate of drug-likeness (QED) is 0.246. The second kappa shape index (κ2) is 9.06. The van der Waals surface area contributed by atoms with E-state index in [2.05, 4.69) is 28.1 Å². The van der Waals surface area contributed by atoms with Crippen LogP contribution in [0, 0.1) is 0 Å². The normalized spacial score (nSPS) is 15.8. The van der Waals surface area contributed by atoms with E-state index < -0.39 is 0 Å². The average Bonchev–Trinajstić information content (AvgIpc) is 3.37. The summed E-state index contributed by atoms with van der Waals surface area (Å²) in [5, 5.41) is 0. The molecular weight excluding hydrogens is 300 g/mol. The molecule has 0 aromatic carbocycles. The van der Waals surface area contributed by atoms with Gasteiger partial charge in [-0.1, -0.05) is 12.2 Å². The highest BCUT2D eigenvalue weighted by Gasteiger charge is 2.24. The average molecular weight is 322 g/mol. The van der Waals surface area contributed by atoms with E-state index in [-0.39, 0.29) is 24.9 Å². The van der Waals surface area contributed by atoms with Gasteiger partial charge in [0.2, 0.25) is 5.95 Å². The first-order valence-electron chi connectivity index (χ1n) is 7.44. The zero-order valence-electron chi connectivity index (χ0n) is 13.3. The second-order valence-corrected chi connectivity index (χ2v) is 4.70. The van der Waals surface area contributed by atoms with Gasteiger partial charge in [0, 0.05) is 19.7 Å². The lowest BCUT2D eigenvalue weighted by atomic mass is 10.5. The van der Waals surface area contributed by atoms with Gasteiger partial charge in [-0.25, -0.2) is 0 Å². The van der Waals surface area contributed by atoms with Crippen molar-refractivity contribution < 1.29 is 18.9 Å². The molecule has 0 bridgehead atoms. The summed E-state index contributed by atoms with van der Waals surface area (Å²) in [6.45, 7) is 12.2. The Bertz CT molecular complexity index is 512. The van der Waals surface area contributed by atoms with E-state index in [1.807, 2.05) is 11.8 Å². The van der Waals surface area contributed by atoms with Crippen molar-refractivity contribution in [2.75, 3.05) is 44.6 Å². The van der Waals surface area contributed by atoms with Crippen molar-refractivity contribution >= 4 is 5.95 Å². The summed E-state index contributed by atoms with van der Waals surface area (Å²) in [5.41, 5.74) is 0. The maximum Gasteiger partial charge on any atom is 0.326 e. The van der Waals surface area contributed by atoms with E-state index in [1.54, 1.807) is 12.2 Å². The highest BCUT2D eigenvalue weighted by Crippen LogP contribution is 2.18. The lowest BCUT2D eigenvalue weighted by molar-refractivity contribution is 0.0161. The highest BCUT2D eigenvalue weighted by atomic mass is 16.7. The third kappa shape index (κ3) is 5.84. The predicted octanol–water partition coefficient (Wildman–Crippen LogP) is 1.20. The molecule has 23 heavy (non-hydrogen) atoms. The number of rotatable bonds is 12. The fourth-order valence-corrected chi connectivity index (χ4v) is 1.66. The molecule has 2 rings (SSSR count). The van der Waals surface area contributed by atoms with Gasteiger partial charge in [-0.05, 0) is 6.92 Å². The van der Waals surface area contributed by atoms with Crippen molar-refractivity contribution in [3.05, 3.63) is 25.3 Å². The molecule has 1 saturated heterocycles. The molecule has 8 nitrogen and oxygen atoms in total. The number of nitrogens with zero attached hydrogens (tertiary/aromatic N) is 4. The molecule has 0 N–H and O–H groups in total. The fourth-order valence-electron chi connectivity index (χ4n) is 1.66. The van der Waals surface area contributed by atoms with Crippen LogP contribution in [0.1, 0.15) is 6.92 Å². The number of hydrogen-bond acceptors (Lipinski definition) is 8. The van der Waals surface area contributed by atoms with Crippen LogP contribution in [0.25, 0.3) is 0 Å². The van der Waals surface area contributed by atoms with Gasteiger partial charge in [-0.2, -0.15) is 9.97 Å². The van der Waals surface area contributed by atoms with Gasteiger partial charge >= 0.3 is 12.0 Å². The van der Waals surface area contributed by atoms with Gasteiger partial charge in [-0.15, -0.1) is 18.1 Å². The van der Waals surface area contributed by atoms with E-state index in [0.29, 0.717) is 38.9 Å². The van der Waals surface area contributed by atoms with Crippen LogP contribution < -0.4 is 14.4 Å². The fraction of sp³-hybridized carbons (Fsp3) is 0.533. The molecule has 0 radical (unpaired) electrons. The van der Waals surface area contributed by atoms with Crippen molar-refractivity contribution in [2.24, 2.45) is 0 Å².